The first-order valence-corrected chi connectivity index (χ1v) is 6.87. The predicted molar refractivity (Wildman–Crippen MR) is 75.2 cm³/mol. The molecule has 0 aliphatic carbocycles. The van der Waals surface area contributed by atoms with Gasteiger partial charge >= 0.3 is 0 Å². The quantitative estimate of drug-likeness (QED) is 0.853. The average molecular weight is 276 g/mol. The highest BCUT2D eigenvalue weighted by Gasteiger charge is 2.26. The average Bonchev–Trinajstić information content (AvgIpc) is 2.84. The number of ether oxygens (including phenoxy) is 1. The number of rotatable bonds is 5. The van der Waals surface area contributed by atoms with Crippen LogP contribution in [0.3, 0.4) is 0 Å². The van der Waals surface area contributed by atoms with Crippen molar-refractivity contribution in [3.63, 3.8) is 0 Å². The van der Waals surface area contributed by atoms with Crippen LogP contribution in [0.2, 0.25) is 0 Å². The fraction of sp³-hybridized carbons (Fsp3) is 0.467. The minimum atomic E-state index is -0.383. The largest absolute Gasteiger partial charge is 0.491 e. The van der Waals surface area contributed by atoms with Gasteiger partial charge in [0.1, 0.15) is 11.8 Å². The number of carbonyl (C=O) groups is 2. The Labute approximate surface area is 118 Å². The molecule has 1 aromatic carbocycles. The fourth-order valence-electron chi connectivity index (χ4n) is 2.08. The van der Waals surface area contributed by atoms with Crippen LogP contribution in [0.1, 0.15) is 32.3 Å². The molecule has 0 radical (unpaired) electrons. The molecule has 20 heavy (non-hydrogen) atoms. The maximum atomic E-state index is 11.8. The van der Waals surface area contributed by atoms with Crippen LogP contribution in [0.4, 0.5) is 0 Å². The van der Waals surface area contributed by atoms with Crippen LogP contribution in [0.25, 0.3) is 0 Å². The van der Waals surface area contributed by atoms with E-state index in [2.05, 4.69) is 10.6 Å². The predicted octanol–water partition coefficient (Wildman–Crippen LogP) is 1.37. The molecule has 1 aromatic rings. The number of nitrogens with one attached hydrogen (secondary N) is 2. The van der Waals surface area contributed by atoms with Crippen molar-refractivity contribution in [2.75, 3.05) is 0 Å². The number of carbonyl (C=O) groups excluding carboxylic acids is 2. The summed E-state index contributed by atoms with van der Waals surface area (Å²) >= 11 is 0. The molecule has 2 amide bonds. The van der Waals surface area contributed by atoms with Crippen molar-refractivity contribution in [1.82, 2.24) is 10.6 Å². The zero-order valence-corrected chi connectivity index (χ0v) is 11.8. The molecule has 5 heteroatoms. The molecule has 5 nitrogen and oxygen atoms in total. The first kappa shape index (κ1) is 14.4. The van der Waals surface area contributed by atoms with Crippen LogP contribution in [-0.4, -0.2) is 24.0 Å². The van der Waals surface area contributed by atoms with E-state index in [4.69, 9.17) is 4.74 Å². The first-order chi connectivity index (χ1) is 9.54. The van der Waals surface area contributed by atoms with E-state index in [1.807, 2.05) is 38.1 Å². The van der Waals surface area contributed by atoms with Crippen molar-refractivity contribution in [3.05, 3.63) is 29.8 Å². The third-order valence-corrected chi connectivity index (χ3v) is 3.07. The van der Waals surface area contributed by atoms with E-state index in [1.54, 1.807) is 0 Å². The molecule has 0 spiro atoms. The van der Waals surface area contributed by atoms with E-state index >= 15 is 0 Å². The molecule has 1 saturated heterocycles. The normalized spacial score (nSPS) is 17.9. The molecule has 1 aliphatic rings. The molecule has 1 heterocycles. The van der Waals surface area contributed by atoms with Gasteiger partial charge in [0.15, 0.2) is 0 Å². The van der Waals surface area contributed by atoms with E-state index in [1.165, 1.54) is 0 Å². The summed E-state index contributed by atoms with van der Waals surface area (Å²) in [6.07, 6.45) is 1.15. The highest BCUT2D eigenvalue weighted by Crippen LogP contribution is 2.14. The molecule has 0 unspecified atom stereocenters. The van der Waals surface area contributed by atoms with Crippen molar-refractivity contribution >= 4 is 11.8 Å². The zero-order chi connectivity index (χ0) is 14.5. The third kappa shape index (κ3) is 3.98. The van der Waals surface area contributed by atoms with Crippen molar-refractivity contribution in [3.8, 4) is 5.75 Å². The van der Waals surface area contributed by atoms with Crippen LogP contribution in [-0.2, 0) is 16.1 Å². The number of hydrogen-bond acceptors (Lipinski definition) is 3. The summed E-state index contributed by atoms with van der Waals surface area (Å²) in [6, 6.07) is 7.24. The van der Waals surface area contributed by atoms with Crippen molar-refractivity contribution in [2.24, 2.45) is 0 Å². The Kier molecular flexibility index (Phi) is 4.61. The lowest BCUT2D eigenvalue weighted by Crippen LogP contribution is -2.41. The minimum absolute atomic E-state index is 0.0552. The van der Waals surface area contributed by atoms with Crippen LogP contribution in [0, 0.1) is 0 Å². The first-order valence-electron chi connectivity index (χ1n) is 6.87. The number of benzene rings is 1. The lowest BCUT2D eigenvalue weighted by Gasteiger charge is -2.12. The summed E-state index contributed by atoms with van der Waals surface area (Å²) in [4.78, 5) is 22.9. The van der Waals surface area contributed by atoms with Gasteiger partial charge in [-0.1, -0.05) is 12.1 Å². The SMILES string of the molecule is CC(C)Oc1ccc(CNC(=O)[C@@H]2CCC(=O)N2)cc1. The smallest absolute Gasteiger partial charge is 0.242 e. The Morgan fingerprint density at radius 3 is 2.65 bits per heavy atom. The van der Waals surface area contributed by atoms with Gasteiger partial charge in [-0.3, -0.25) is 9.59 Å². The Morgan fingerprint density at radius 1 is 1.40 bits per heavy atom. The van der Waals surface area contributed by atoms with Crippen LogP contribution < -0.4 is 15.4 Å². The molecular weight excluding hydrogens is 256 g/mol. The Hall–Kier alpha value is -2.04. The van der Waals surface area contributed by atoms with Crippen LogP contribution in [0.15, 0.2) is 24.3 Å². The van der Waals surface area contributed by atoms with E-state index < -0.39 is 0 Å². The lowest BCUT2D eigenvalue weighted by molar-refractivity contribution is -0.125. The van der Waals surface area contributed by atoms with Gasteiger partial charge < -0.3 is 15.4 Å². The zero-order valence-electron chi connectivity index (χ0n) is 11.8. The molecule has 1 fully saturated rings. The summed E-state index contributed by atoms with van der Waals surface area (Å²) in [5, 5.41) is 5.48. The number of hydrogen-bond donors (Lipinski definition) is 2. The van der Waals surface area contributed by atoms with Crippen molar-refractivity contribution < 1.29 is 14.3 Å². The second-order valence-electron chi connectivity index (χ2n) is 5.19. The second-order valence-corrected chi connectivity index (χ2v) is 5.19. The van der Waals surface area contributed by atoms with Gasteiger partial charge in [-0.25, -0.2) is 0 Å². The molecule has 2 rings (SSSR count). The van der Waals surface area contributed by atoms with Crippen molar-refractivity contribution in [2.45, 2.75) is 45.4 Å². The highest BCUT2D eigenvalue weighted by molar-refractivity contribution is 5.90. The molecule has 2 N–H and O–H groups in total. The topological polar surface area (TPSA) is 67.4 Å². The van der Waals surface area contributed by atoms with Gasteiger partial charge in [0.05, 0.1) is 6.10 Å². The van der Waals surface area contributed by atoms with E-state index in [0.717, 1.165) is 11.3 Å². The molecule has 1 aliphatic heterocycles. The lowest BCUT2D eigenvalue weighted by atomic mass is 10.2. The maximum Gasteiger partial charge on any atom is 0.242 e. The monoisotopic (exact) mass is 276 g/mol. The Morgan fingerprint density at radius 2 is 2.10 bits per heavy atom. The van der Waals surface area contributed by atoms with Gasteiger partial charge in [-0.2, -0.15) is 0 Å². The molecule has 0 bridgehead atoms. The maximum absolute atomic E-state index is 11.8. The third-order valence-electron chi connectivity index (χ3n) is 3.07. The van der Waals surface area contributed by atoms with Gasteiger partial charge in [0, 0.05) is 13.0 Å². The van der Waals surface area contributed by atoms with Gasteiger partial charge in [0.2, 0.25) is 11.8 Å². The summed E-state index contributed by atoms with van der Waals surface area (Å²) in [7, 11) is 0. The standard InChI is InChI=1S/C15H20N2O3/c1-10(2)20-12-5-3-11(4-6-12)9-16-15(19)13-7-8-14(18)17-13/h3-6,10,13H,7-9H2,1-2H3,(H,16,19)(H,17,18)/t13-/m0/s1. The van der Waals surface area contributed by atoms with Gasteiger partial charge in [-0.05, 0) is 38.0 Å². The highest BCUT2D eigenvalue weighted by atomic mass is 16.5. The minimum Gasteiger partial charge on any atom is -0.491 e. The molecule has 0 saturated carbocycles. The summed E-state index contributed by atoms with van der Waals surface area (Å²) in [5.74, 6) is 0.636. The molecule has 108 valence electrons. The van der Waals surface area contributed by atoms with E-state index in [-0.39, 0.29) is 24.0 Å². The van der Waals surface area contributed by atoms with E-state index in [0.29, 0.717) is 19.4 Å². The van der Waals surface area contributed by atoms with E-state index in [9.17, 15) is 9.59 Å². The summed E-state index contributed by atoms with van der Waals surface area (Å²) in [5.41, 5.74) is 0.999. The van der Waals surface area contributed by atoms with Gasteiger partial charge in [-0.15, -0.1) is 0 Å². The second kappa shape index (κ2) is 6.41. The van der Waals surface area contributed by atoms with Gasteiger partial charge in [0.25, 0.3) is 0 Å². The Bertz CT molecular complexity index is 482. The van der Waals surface area contributed by atoms with Crippen LogP contribution >= 0.6 is 0 Å². The Balaban J connectivity index is 1.81. The van der Waals surface area contributed by atoms with Crippen molar-refractivity contribution in [1.29, 1.82) is 0 Å². The summed E-state index contributed by atoms with van der Waals surface area (Å²) < 4.78 is 5.55. The molecular formula is C15H20N2O3. The fourth-order valence-corrected chi connectivity index (χ4v) is 2.08. The molecule has 1 atom stereocenters. The molecule has 0 aromatic heterocycles. The summed E-state index contributed by atoms with van der Waals surface area (Å²) in [6.45, 7) is 4.40. The number of amides is 2. The van der Waals surface area contributed by atoms with Crippen LogP contribution in [0.5, 0.6) is 5.75 Å².